The van der Waals surface area contributed by atoms with Crippen molar-refractivity contribution >= 4 is 28.6 Å². The Morgan fingerprint density at radius 1 is 1.11 bits per heavy atom. The second-order valence-electron chi connectivity index (χ2n) is 4.01. The molecule has 0 bridgehead atoms. The summed E-state index contributed by atoms with van der Waals surface area (Å²) in [5, 5.41) is 0.370. The average molecular weight is 262 g/mol. The number of nitrogens with two attached hydrogens (primary N) is 1. The molecule has 0 saturated heterocycles. The molecule has 3 nitrogen and oxygen atoms in total. The predicted molar refractivity (Wildman–Crippen MR) is 70.9 cm³/mol. The molecule has 0 aliphatic heterocycles. The lowest BCUT2D eigenvalue weighted by atomic mass is 10.1. The van der Waals surface area contributed by atoms with Crippen molar-refractivity contribution in [2.24, 2.45) is 0 Å². The van der Waals surface area contributed by atoms with Gasteiger partial charge in [0.1, 0.15) is 5.82 Å². The molecule has 0 saturated carbocycles. The number of nitrogens with zero attached hydrogens (tertiary/aromatic N) is 1. The lowest BCUT2D eigenvalue weighted by molar-refractivity contribution is 0.628. The van der Waals surface area contributed by atoms with Crippen molar-refractivity contribution in [2.45, 2.75) is 0 Å². The quantitative estimate of drug-likeness (QED) is 0.703. The summed E-state index contributed by atoms with van der Waals surface area (Å²) in [7, 11) is 0. The zero-order chi connectivity index (χ0) is 12.7. The van der Waals surface area contributed by atoms with Gasteiger partial charge in [-0.25, -0.2) is 9.37 Å². The van der Waals surface area contributed by atoms with E-state index in [1.165, 1.54) is 12.1 Å². The van der Waals surface area contributed by atoms with Gasteiger partial charge in [0.2, 0.25) is 0 Å². The third kappa shape index (κ3) is 1.91. The molecule has 0 unspecified atom stereocenters. The summed E-state index contributed by atoms with van der Waals surface area (Å²) >= 11 is 5.84. The van der Waals surface area contributed by atoms with Crippen LogP contribution < -0.4 is 5.73 Å². The molecule has 0 spiro atoms. The van der Waals surface area contributed by atoms with Gasteiger partial charge in [-0.2, -0.15) is 0 Å². The van der Waals surface area contributed by atoms with Crippen molar-refractivity contribution in [1.82, 2.24) is 9.97 Å². The zero-order valence-corrected chi connectivity index (χ0v) is 10.0. The van der Waals surface area contributed by atoms with Crippen molar-refractivity contribution in [3.05, 3.63) is 47.2 Å². The van der Waals surface area contributed by atoms with E-state index in [9.17, 15) is 4.39 Å². The molecule has 1 aromatic heterocycles. The third-order valence-corrected chi connectivity index (χ3v) is 2.91. The topological polar surface area (TPSA) is 54.7 Å². The Kier molecular flexibility index (Phi) is 2.45. The molecular formula is C13H9ClFN3. The van der Waals surface area contributed by atoms with Crippen LogP contribution in [0.4, 0.5) is 10.3 Å². The van der Waals surface area contributed by atoms with E-state index in [1.54, 1.807) is 6.07 Å². The minimum absolute atomic E-state index is 0.360. The van der Waals surface area contributed by atoms with Crippen molar-refractivity contribution in [2.75, 3.05) is 5.73 Å². The van der Waals surface area contributed by atoms with Crippen molar-refractivity contribution < 1.29 is 4.39 Å². The molecule has 1 heterocycles. The van der Waals surface area contributed by atoms with Gasteiger partial charge in [-0.3, -0.25) is 0 Å². The molecular weight excluding hydrogens is 253 g/mol. The highest BCUT2D eigenvalue weighted by Crippen LogP contribution is 2.27. The summed E-state index contributed by atoms with van der Waals surface area (Å²) in [6.07, 6.45) is 0. The summed E-state index contributed by atoms with van der Waals surface area (Å²) in [6, 6.07) is 9.98. The number of aromatic nitrogens is 2. The first kappa shape index (κ1) is 11.0. The lowest BCUT2D eigenvalue weighted by Gasteiger charge is -2.03. The first-order chi connectivity index (χ1) is 8.61. The van der Waals surface area contributed by atoms with Gasteiger partial charge >= 0.3 is 0 Å². The van der Waals surface area contributed by atoms with Crippen molar-refractivity contribution in [3.63, 3.8) is 0 Å². The van der Waals surface area contributed by atoms with E-state index in [-0.39, 0.29) is 5.82 Å². The molecule has 2 aromatic carbocycles. The van der Waals surface area contributed by atoms with E-state index in [0.717, 1.165) is 22.2 Å². The van der Waals surface area contributed by atoms with Crippen LogP contribution in [0.3, 0.4) is 0 Å². The van der Waals surface area contributed by atoms with E-state index < -0.39 is 0 Å². The number of halogens is 2. The van der Waals surface area contributed by atoms with Gasteiger partial charge in [-0.1, -0.05) is 17.7 Å². The normalized spacial score (nSPS) is 11.0. The van der Waals surface area contributed by atoms with E-state index in [2.05, 4.69) is 9.97 Å². The van der Waals surface area contributed by atoms with Crippen LogP contribution in [0.25, 0.3) is 22.2 Å². The standard InChI is InChI=1S/C13H9ClFN3/c14-9-3-8(4-10(15)6-9)7-1-2-11-12(5-7)18-13(16)17-11/h1-6H,(H3,16,17,18). The van der Waals surface area contributed by atoms with Gasteiger partial charge in [0.15, 0.2) is 5.95 Å². The molecule has 5 heteroatoms. The number of aromatic amines is 1. The number of nitrogens with one attached hydrogen (secondary N) is 1. The van der Waals surface area contributed by atoms with Crippen molar-refractivity contribution in [1.29, 1.82) is 0 Å². The molecule has 0 radical (unpaired) electrons. The number of rotatable bonds is 1. The van der Waals surface area contributed by atoms with Crippen LogP contribution in [-0.2, 0) is 0 Å². The lowest BCUT2D eigenvalue weighted by Crippen LogP contribution is -1.84. The molecule has 0 aliphatic rings. The van der Waals surface area contributed by atoms with Crippen LogP contribution >= 0.6 is 11.6 Å². The van der Waals surface area contributed by atoms with E-state index in [1.807, 2.05) is 18.2 Å². The number of imidazole rings is 1. The fourth-order valence-electron chi connectivity index (χ4n) is 1.93. The fraction of sp³-hybridized carbons (Fsp3) is 0. The van der Waals surface area contributed by atoms with Gasteiger partial charge in [-0.15, -0.1) is 0 Å². The number of anilines is 1. The Labute approximate surface area is 107 Å². The largest absolute Gasteiger partial charge is 0.369 e. The number of hydrogen-bond acceptors (Lipinski definition) is 2. The van der Waals surface area contributed by atoms with Crippen LogP contribution in [0.5, 0.6) is 0 Å². The summed E-state index contributed by atoms with van der Waals surface area (Å²) in [6.45, 7) is 0. The Morgan fingerprint density at radius 2 is 1.94 bits per heavy atom. The molecule has 90 valence electrons. The smallest absolute Gasteiger partial charge is 0.198 e. The second-order valence-corrected chi connectivity index (χ2v) is 4.45. The fourth-order valence-corrected chi connectivity index (χ4v) is 2.15. The summed E-state index contributed by atoms with van der Waals surface area (Å²) in [5.74, 6) is 0.00106. The molecule has 3 aromatic rings. The van der Waals surface area contributed by atoms with E-state index in [0.29, 0.717) is 11.0 Å². The van der Waals surface area contributed by atoms with Gasteiger partial charge in [-0.05, 0) is 41.5 Å². The molecule has 0 aliphatic carbocycles. The van der Waals surface area contributed by atoms with Gasteiger partial charge in [0.05, 0.1) is 11.0 Å². The van der Waals surface area contributed by atoms with E-state index in [4.69, 9.17) is 17.3 Å². The number of hydrogen-bond donors (Lipinski definition) is 2. The van der Waals surface area contributed by atoms with E-state index >= 15 is 0 Å². The first-order valence-corrected chi connectivity index (χ1v) is 5.71. The Hall–Kier alpha value is -2.07. The Bertz CT molecular complexity index is 716. The first-order valence-electron chi connectivity index (χ1n) is 5.33. The van der Waals surface area contributed by atoms with Crippen LogP contribution in [0.15, 0.2) is 36.4 Å². The van der Waals surface area contributed by atoms with Gasteiger partial charge in [0.25, 0.3) is 0 Å². The molecule has 3 rings (SSSR count). The Morgan fingerprint density at radius 3 is 2.72 bits per heavy atom. The van der Waals surface area contributed by atoms with Gasteiger partial charge < -0.3 is 10.7 Å². The molecule has 0 atom stereocenters. The highest BCUT2D eigenvalue weighted by molar-refractivity contribution is 6.30. The van der Waals surface area contributed by atoms with Crippen LogP contribution in [0, 0.1) is 5.82 Å². The summed E-state index contributed by atoms with van der Waals surface area (Å²) in [5.41, 5.74) is 8.74. The maximum Gasteiger partial charge on any atom is 0.198 e. The SMILES string of the molecule is Nc1nc2ccc(-c3cc(F)cc(Cl)c3)cc2[nH]1. The zero-order valence-electron chi connectivity index (χ0n) is 9.24. The monoisotopic (exact) mass is 261 g/mol. The van der Waals surface area contributed by atoms with Crippen molar-refractivity contribution in [3.8, 4) is 11.1 Å². The molecule has 3 N–H and O–H groups in total. The van der Waals surface area contributed by atoms with Crippen LogP contribution in [-0.4, -0.2) is 9.97 Å². The number of nitrogen functional groups attached to an aromatic ring is 1. The predicted octanol–water partition coefficient (Wildman–Crippen LogP) is 3.60. The third-order valence-electron chi connectivity index (χ3n) is 2.70. The molecule has 0 amide bonds. The maximum absolute atomic E-state index is 13.3. The summed E-state index contributed by atoms with van der Waals surface area (Å²) < 4.78 is 13.3. The van der Waals surface area contributed by atoms with Crippen LogP contribution in [0.2, 0.25) is 5.02 Å². The maximum atomic E-state index is 13.3. The number of H-pyrrole nitrogens is 1. The van der Waals surface area contributed by atoms with Crippen LogP contribution in [0.1, 0.15) is 0 Å². The Balaban J connectivity index is 2.18. The highest BCUT2D eigenvalue weighted by Gasteiger charge is 2.05. The summed E-state index contributed by atoms with van der Waals surface area (Å²) in [4.78, 5) is 7.04. The minimum atomic E-state index is -0.360. The average Bonchev–Trinajstić information content (AvgIpc) is 2.66. The number of fused-ring (bicyclic) bond motifs is 1. The number of benzene rings is 2. The second kappa shape index (κ2) is 3.99. The molecule has 18 heavy (non-hydrogen) atoms. The minimum Gasteiger partial charge on any atom is -0.369 e. The van der Waals surface area contributed by atoms with Gasteiger partial charge in [0, 0.05) is 5.02 Å². The highest BCUT2D eigenvalue weighted by atomic mass is 35.5. The molecule has 0 fully saturated rings.